The van der Waals surface area contributed by atoms with E-state index >= 15 is 0 Å². The van der Waals surface area contributed by atoms with Crippen LogP contribution < -0.4 is 15.4 Å². The van der Waals surface area contributed by atoms with E-state index in [2.05, 4.69) is 23.6 Å². The van der Waals surface area contributed by atoms with Crippen molar-refractivity contribution in [3.8, 4) is 5.75 Å². The van der Waals surface area contributed by atoms with Gasteiger partial charge in [0.2, 0.25) is 5.91 Å². The summed E-state index contributed by atoms with van der Waals surface area (Å²) >= 11 is 0. The number of hydrogen-bond donors (Lipinski definition) is 2. The molecule has 160 valence electrons. The van der Waals surface area contributed by atoms with Gasteiger partial charge >= 0.3 is 0 Å². The van der Waals surface area contributed by atoms with Crippen LogP contribution in [-0.2, 0) is 17.8 Å². The van der Waals surface area contributed by atoms with Crippen molar-refractivity contribution in [2.24, 2.45) is 0 Å². The fraction of sp³-hybridized carbons (Fsp3) is 0.417. The second kappa shape index (κ2) is 10.3. The normalized spacial score (nSPS) is 14.4. The molecule has 30 heavy (non-hydrogen) atoms. The number of nitrogens with one attached hydrogen (secondary N) is 2. The van der Waals surface area contributed by atoms with Crippen LogP contribution in [0.3, 0.4) is 0 Å². The number of benzene rings is 2. The Morgan fingerprint density at radius 3 is 2.57 bits per heavy atom. The van der Waals surface area contributed by atoms with Crippen molar-refractivity contribution in [2.45, 2.75) is 45.7 Å². The fourth-order valence-corrected chi connectivity index (χ4v) is 3.86. The summed E-state index contributed by atoms with van der Waals surface area (Å²) in [7, 11) is 1.68. The molecule has 2 aromatic rings. The Balaban J connectivity index is 1.71. The average molecular weight is 410 g/mol. The summed E-state index contributed by atoms with van der Waals surface area (Å²) in [4.78, 5) is 26.3. The van der Waals surface area contributed by atoms with Crippen LogP contribution in [-0.4, -0.2) is 43.0 Å². The van der Waals surface area contributed by atoms with Crippen LogP contribution >= 0.6 is 0 Å². The molecule has 1 fully saturated rings. The van der Waals surface area contributed by atoms with Gasteiger partial charge in [-0.25, -0.2) is 0 Å². The highest BCUT2D eigenvalue weighted by Crippen LogP contribution is 2.21. The van der Waals surface area contributed by atoms with E-state index in [9.17, 15) is 9.59 Å². The third kappa shape index (κ3) is 5.83. The maximum absolute atomic E-state index is 12.9. The largest absolute Gasteiger partial charge is 0.496 e. The number of hydrogen-bond acceptors (Lipinski definition) is 4. The third-order valence-corrected chi connectivity index (χ3v) is 5.33. The lowest BCUT2D eigenvalue weighted by Gasteiger charge is -2.19. The van der Waals surface area contributed by atoms with Crippen molar-refractivity contribution in [3.63, 3.8) is 0 Å². The van der Waals surface area contributed by atoms with Gasteiger partial charge in [0.05, 0.1) is 7.11 Å². The summed E-state index contributed by atoms with van der Waals surface area (Å²) < 4.78 is 5.44. The molecular weight excluding hydrogens is 378 g/mol. The molecule has 0 saturated carbocycles. The average Bonchev–Trinajstić information content (AvgIpc) is 3.26. The van der Waals surface area contributed by atoms with E-state index in [1.54, 1.807) is 13.2 Å². The number of ether oxygens (including phenoxy) is 1. The smallest absolute Gasteiger partial charge is 0.253 e. The van der Waals surface area contributed by atoms with Gasteiger partial charge in [-0.1, -0.05) is 18.2 Å². The van der Waals surface area contributed by atoms with E-state index in [0.717, 1.165) is 49.2 Å². The van der Waals surface area contributed by atoms with Gasteiger partial charge in [0.25, 0.3) is 5.91 Å². The number of para-hydroxylation sites is 1. The minimum absolute atomic E-state index is 0.0306. The number of anilines is 1. The van der Waals surface area contributed by atoms with E-state index in [1.165, 1.54) is 6.92 Å². The molecule has 1 heterocycles. The number of carbonyl (C=O) groups excluding carboxylic acids is 2. The summed E-state index contributed by atoms with van der Waals surface area (Å²) in [6.45, 7) is 5.80. The Kier molecular flexibility index (Phi) is 7.46. The van der Waals surface area contributed by atoms with Gasteiger partial charge in [-0.15, -0.1) is 0 Å². The second-order valence-corrected chi connectivity index (χ2v) is 7.90. The first-order valence-electron chi connectivity index (χ1n) is 10.5. The highest BCUT2D eigenvalue weighted by molar-refractivity contribution is 5.97. The van der Waals surface area contributed by atoms with Crippen molar-refractivity contribution in [3.05, 3.63) is 59.2 Å². The highest BCUT2D eigenvalue weighted by atomic mass is 16.5. The summed E-state index contributed by atoms with van der Waals surface area (Å²) in [5, 5.41) is 6.34. The molecule has 2 N–H and O–H groups in total. The first kappa shape index (κ1) is 21.8. The summed E-state index contributed by atoms with van der Waals surface area (Å²) in [6.07, 6.45) is 2.92. The third-order valence-electron chi connectivity index (χ3n) is 5.33. The van der Waals surface area contributed by atoms with Crippen LogP contribution in [0.5, 0.6) is 5.75 Å². The van der Waals surface area contributed by atoms with Crippen LogP contribution in [0.15, 0.2) is 42.5 Å². The molecule has 2 aromatic carbocycles. The highest BCUT2D eigenvalue weighted by Gasteiger charge is 2.20. The SMILES string of the molecule is COc1ccccc1CC(C)NCc1cc(NC(C)=O)cc(C(=O)N2CCCC2)c1. The Morgan fingerprint density at radius 2 is 1.87 bits per heavy atom. The van der Waals surface area contributed by atoms with Gasteiger partial charge in [-0.05, 0) is 61.6 Å². The Hall–Kier alpha value is -2.86. The standard InChI is InChI=1S/C24H31N3O3/c1-17(12-20-8-4-5-9-23(20)30-3)25-16-19-13-21(15-22(14-19)26-18(2)28)24(29)27-10-6-7-11-27/h4-5,8-9,13-15,17,25H,6-7,10-12,16H2,1-3H3,(H,26,28). The zero-order valence-corrected chi connectivity index (χ0v) is 18.0. The van der Waals surface area contributed by atoms with Crippen molar-refractivity contribution < 1.29 is 14.3 Å². The van der Waals surface area contributed by atoms with Crippen molar-refractivity contribution >= 4 is 17.5 Å². The Labute approximate surface area is 178 Å². The molecule has 1 atom stereocenters. The second-order valence-electron chi connectivity index (χ2n) is 7.90. The van der Waals surface area contributed by atoms with Gasteiger partial charge in [0.1, 0.15) is 5.75 Å². The number of likely N-dealkylation sites (tertiary alicyclic amines) is 1. The van der Waals surface area contributed by atoms with Crippen LogP contribution in [0.2, 0.25) is 0 Å². The summed E-state index contributed by atoms with van der Waals surface area (Å²) in [6, 6.07) is 13.8. The molecule has 6 nitrogen and oxygen atoms in total. The zero-order chi connectivity index (χ0) is 21.5. The van der Waals surface area contributed by atoms with E-state index in [1.807, 2.05) is 35.2 Å². The Bertz CT molecular complexity index is 891. The number of nitrogens with zero attached hydrogens (tertiary/aromatic N) is 1. The predicted molar refractivity (Wildman–Crippen MR) is 119 cm³/mol. The van der Waals surface area contributed by atoms with Gasteiger partial charge in [-0.3, -0.25) is 9.59 Å². The monoisotopic (exact) mass is 409 g/mol. The summed E-state index contributed by atoms with van der Waals surface area (Å²) in [5.41, 5.74) is 3.40. The van der Waals surface area contributed by atoms with Crippen LogP contribution in [0.25, 0.3) is 0 Å². The lowest BCUT2D eigenvalue weighted by molar-refractivity contribution is -0.114. The zero-order valence-electron chi connectivity index (χ0n) is 18.0. The minimum atomic E-state index is -0.149. The molecule has 0 aromatic heterocycles. The number of methoxy groups -OCH3 is 1. The van der Waals surface area contributed by atoms with E-state index < -0.39 is 0 Å². The van der Waals surface area contributed by atoms with Crippen LogP contribution in [0, 0.1) is 0 Å². The predicted octanol–water partition coefficient (Wildman–Crippen LogP) is 3.61. The fourth-order valence-electron chi connectivity index (χ4n) is 3.86. The molecule has 1 aliphatic rings. The molecule has 1 aliphatic heterocycles. The summed E-state index contributed by atoms with van der Waals surface area (Å²) in [5.74, 6) is 0.768. The minimum Gasteiger partial charge on any atom is -0.496 e. The Morgan fingerprint density at radius 1 is 1.13 bits per heavy atom. The molecule has 3 rings (SSSR count). The maximum atomic E-state index is 12.9. The number of carbonyl (C=O) groups is 2. The van der Waals surface area contributed by atoms with E-state index in [4.69, 9.17) is 4.74 Å². The maximum Gasteiger partial charge on any atom is 0.253 e. The molecule has 1 unspecified atom stereocenters. The molecule has 2 amide bonds. The molecule has 6 heteroatoms. The molecule has 0 radical (unpaired) electrons. The van der Waals surface area contributed by atoms with Gasteiger partial charge in [-0.2, -0.15) is 0 Å². The van der Waals surface area contributed by atoms with Gasteiger partial charge in [0.15, 0.2) is 0 Å². The van der Waals surface area contributed by atoms with Gasteiger partial charge in [0, 0.05) is 43.9 Å². The van der Waals surface area contributed by atoms with E-state index in [-0.39, 0.29) is 17.9 Å². The van der Waals surface area contributed by atoms with E-state index in [0.29, 0.717) is 17.8 Å². The van der Waals surface area contributed by atoms with Gasteiger partial charge < -0.3 is 20.3 Å². The lowest BCUT2D eigenvalue weighted by atomic mass is 10.0. The van der Waals surface area contributed by atoms with Crippen molar-refractivity contribution in [1.82, 2.24) is 10.2 Å². The topological polar surface area (TPSA) is 70.7 Å². The molecule has 0 bridgehead atoms. The molecular formula is C24H31N3O3. The van der Waals surface area contributed by atoms with Crippen molar-refractivity contribution in [1.29, 1.82) is 0 Å². The molecule has 0 aliphatic carbocycles. The lowest BCUT2D eigenvalue weighted by Crippen LogP contribution is -2.29. The first-order chi connectivity index (χ1) is 14.5. The first-order valence-corrected chi connectivity index (χ1v) is 10.5. The number of amides is 2. The van der Waals surface area contributed by atoms with Crippen LogP contribution in [0.4, 0.5) is 5.69 Å². The van der Waals surface area contributed by atoms with Crippen LogP contribution in [0.1, 0.15) is 48.2 Å². The molecule has 1 saturated heterocycles. The number of rotatable bonds is 8. The van der Waals surface area contributed by atoms with Crippen molar-refractivity contribution in [2.75, 3.05) is 25.5 Å². The molecule has 0 spiro atoms. The quantitative estimate of drug-likeness (QED) is 0.699.